The fourth-order valence-electron chi connectivity index (χ4n) is 6.17. The van der Waals surface area contributed by atoms with Gasteiger partial charge in [-0.1, -0.05) is 29.8 Å². The lowest BCUT2D eigenvalue weighted by Gasteiger charge is -2.36. The van der Waals surface area contributed by atoms with Gasteiger partial charge in [-0.3, -0.25) is 9.59 Å². The van der Waals surface area contributed by atoms with Gasteiger partial charge in [-0.15, -0.1) is 22.7 Å². The Balaban J connectivity index is 1.55. The first-order valence-corrected chi connectivity index (χ1v) is 16.2. The summed E-state index contributed by atoms with van der Waals surface area (Å²) in [7, 11) is 0. The van der Waals surface area contributed by atoms with Gasteiger partial charge in [0.25, 0.3) is 0 Å². The summed E-state index contributed by atoms with van der Waals surface area (Å²) in [5, 5.41) is 10.5. The van der Waals surface area contributed by atoms with Crippen molar-refractivity contribution in [2.24, 2.45) is 5.92 Å². The molecule has 4 unspecified atom stereocenters. The van der Waals surface area contributed by atoms with Crippen LogP contribution < -0.4 is 10.6 Å². The minimum Gasteiger partial charge on any atom is -0.338 e. The molecule has 0 saturated carbocycles. The maximum atomic E-state index is 14.6. The summed E-state index contributed by atoms with van der Waals surface area (Å²) < 4.78 is 13.7. The molecule has 2 aliphatic rings. The molecule has 6 rings (SSSR count). The molecule has 2 aromatic carbocycles. The lowest BCUT2D eigenvalue weighted by atomic mass is 9.78. The van der Waals surface area contributed by atoms with E-state index in [-0.39, 0.29) is 11.7 Å². The average Bonchev–Trinajstić information content (AvgIpc) is 3.78. The van der Waals surface area contributed by atoms with E-state index < -0.39 is 35.8 Å². The number of aryl methyl sites for hydroxylation is 1. The molecule has 0 aliphatic carbocycles. The number of piperazine rings is 1. The van der Waals surface area contributed by atoms with E-state index in [0.29, 0.717) is 41.8 Å². The van der Waals surface area contributed by atoms with Crippen molar-refractivity contribution in [2.45, 2.75) is 24.9 Å². The van der Waals surface area contributed by atoms with Gasteiger partial charge in [0, 0.05) is 47.7 Å². The van der Waals surface area contributed by atoms with Crippen molar-refractivity contribution in [1.82, 2.24) is 15.1 Å². The number of halogens is 2. The molecule has 2 saturated heterocycles. The summed E-state index contributed by atoms with van der Waals surface area (Å²) in [5.74, 6) is -2.17. The van der Waals surface area contributed by atoms with Crippen molar-refractivity contribution >= 4 is 57.7 Å². The minimum atomic E-state index is -0.986. The fraction of sp³-hybridized carbons (Fsp3) is 0.281. The first-order chi connectivity index (χ1) is 20.8. The van der Waals surface area contributed by atoms with Crippen LogP contribution in [0.1, 0.15) is 37.6 Å². The first-order valence-electron chi connectivity index (χ1n) is 14.0. The van der Waals surface area contributed by atoms with E-state index in [1.807, 2.05) is 41.9 Å². The van der Waals surface area contributed by atoms with Crippen molar-refractivity contribution in [3.63, 3.8) is 0 Å². The smallest absolute Gasteiger partial charge is 0.323 e. The molecule has 4 heterocycles. The lowest BCUT2D eigenvalue weighted by Crippen LogP contribution is -2.55. The van der Waals surface area contributed by atoms with Crippen LogP contribution in [-0.2, 0) is 4.79 Å². The highest BCUT2D eigenvalue weighted by Crippen LogP contribution is 2.53. The summed E-state index contributed by atoms with van der Waals surface area (Å²) >= 11 is 9.10. The van der Waals surface area contributed by atoms with E-state index in [1.54, 1.807) is 28.0 Å². The van der Waals surface area contributed by atoms with E-state index in [2.05, 4.69) is 10.6 Å². The zero-order chi connectivity index (χ0) is 30.1. The van der Waals surface area contributed by atoms with E-state index in [9.17, 15) is 18.8 Å². The summed E-state index contributed by atoms with van der Waals surface area (Å²) in [4.78, 5) is 48.3. The number of rotatable bonds is 6. The number of Topliss-reactive ketones (excluding diaryl/α,β-unsaturated/α-hetero) is 1. The highest BCUT2D eigenvalue weighted by atomic mass is 35.5. The SMILES string of the molecule is Cc1ccsc1C1C(C(=O)c2cccs2)C(c2ccc(Cl)cc2)C(C(=O)N2CCNCC2)N1C(=O)Nc1ccc(F)cc1. The largest absolute Gasteiger partial charge is 0.338 e. The van der Waals surface area contributed by atoms with Crippen molar-refractivity contribution < 1.29 is 18.8 Å². The van der Waals surface area contributed by atoms with Gasteiger partial charge in [0.15, 0.2) is 5.78 Å². The number of ketones is 1. The number of amides is 3. The second kappa shape index (κ2) is 12.6. The second-order valence-electron chi connectivity index (χ2n) is 10.7. The van der Waals surface area contributed by atoms with E-state index in [1.165, 1.54) is 46.9 Å². The maximum Gasteiger partial charge on any atom is 0.323 e. The van der Waals surface area contributed by atoms with Gasteiger partial charge in [0.1, 0.15) is 11.9 Å². The zero-order valence-electron chi connectivity index (χ0n) is 23.3. The average molecular weight is 637 g/mol. The van der Waals surface area contributed by atoms with Crippen LogP contribution in [0.5, 0.6) is 0 Å². The number of nitrogens with zero attached hydrogens (tertiary/aromatic N) is 2. The van der Waals surface area contributed by atoms with Crippen molar-refractivity contribution in [3.8, 4) is 0 Å². The van der Waals surface area contributed by atoms with Gasteiger partial charge in [0.05, 0.1) is 16.8 Å². The van der Waals surface area contributed by atoms with E-state index in [0.717, 1.165) is 16.0 Å². The number of urea groups is 1. The molecule has 3 amide bonds. The molecule has 11 heteroatoms. The molecule has 0 bridgehead atoms. The number of thiophene rings is 2. The molecule has 222 valence electrons. The standard InChI is InChI=1S/C32H30ClFN4O3S2/c1-19-12-18-43-30(19)27-26(29(39)24-3-2-17-42-24)25(20-4-6-21(33)7-5-20)28(31(40)37-15-13-35-14-16-37)38(27)32(41)36-23-10-8-22(34)9-11-23/h2-12,17-18,25-28,35H,13-16H2,1H3,(H,36,41). The van der Waals surface area contributed by atoms with Crippen LogP contribution in [0, 0.1) is 18.7 Å². The van der Waals surface area contributed by atoms with Gasteiger partial charge >= 0.3 is 6.03 Å². The minimum absolute atomic E-state index is 0.122. The Bertz CT molecular complexity index is 1600. The highest BCUT2D eigenvalue weighted by molar-refractivity contribution is 7.12. The van der Waals surface area contributed by atoms with Crippen LogP contribution in [0.25, 0.3) is 0 Å². The van der Waals surface area contributed by atoms with E-state index in [4.69, 9.17) is 11.6 Å². The summed E-state index contributed by atoms with van der Waals surface area (Å²) in [6.07, 6.45) is 0. The molecule has 2 fully saturated rings. The number of hydrogen-bond acceptors (Lipinski definition) is 6. The highest BCUT2D eigenvalue weighted by Gasteiger charge is 2.59. The molecule has 4 aromatic rings. The Labute approximate surface area is 262 Å². The molecule has 7 nitrogen and oxygen atoms in total. The molecule has 0 spiro atoms. The maximum absolute atomic E-state index is 14.6. The Hall–Kier alpha value is -3.57. The van der Waals surface area contributed by atoms with Crippen molar-refractivity contribution in [2.75, 3.05) is 31.5 Å². The lowest BCUT2D eigenvalue weighted by molar-refractivity contribution is -0.136. The second-order valence-corrected chi connectivity index (χ2v) is 13.1. The predicted octanol–water partition coefficient (Wildman–Crippen LogP) is 6.58. The normalized spacial score (nSPS) is 22.0. The third-order valence-electron chi connectivity index (χ3n) is 8.17. The molecule has 4 atom stereocenters. The predicted molar refractivity (Wildman–Crippen MR) is 169 cm³/mol. The molecule has 0 radical (unpaired) electrons. The quantitative estimate of drug-likeness (QED) is 0.234. The third kappa shape index (κ3) is 5.84. The molecular weight excluding hydrogens is 607 g/mol. The Morgan fingerprint density at radius 3 is 2.30 bits per heavy atom. The number of carbonyl (C=O) groups is 3. The van der Waals surface area contributed by atoms with Crippen LogP contribution in [0.15, 0.2) is 77.5 Å². The van der Waals surface area contributed by atoms with Crippen LogP contribution in [0.4, 0.5) is 14.9 Å². The van der Waals surface area contributed by atoms with Gasteiger partial charge in [-0.05, 0) is 77.3 Å². The number of likely N-dealkylation sites (tertiary alicyclic amines) is 1. The van der Waals surface area contributed by atoms with Gasteiger partial charge in [0.2, 0.25) is 5.91 Å². The van der Waals surface area contributed by atoms with Gasteiger partial charge in [-0.2, -0.15) is 0 Å². The number of anilines is 1. The van der Waals surface area contributed by atoms with Gasteiger partial charge < -0.3 is 20.4 Å². The Morgan fingerprint density at radius 2 is 1.67 bits per heavy atom. The summed E-state index contributed by atoms with van der Waals surface area (Å²) in [6, 6.07) is 16.0. The summed E-state index contributed by atoms with van der Waals surface area (Å²) in [6.45, 7) is 4.20. The number of hydrogen-bond donors (Lipinski definition) is 2. The van der Waals surface area contributed by atoms with E-state index >= 15 is 0 Å². The van der Waals surface area contributed by atoms with Crippen molar-refractivity contribution in [3.05, 3.63) is 109 Å². The zero-order valence-corrected chi connectivity index (χ0v) is 25.7. The number of nitrogens with one attached hydrogen (secondary N) is 2. The third-order valence-corrected chi connectivity index (χ3v) is 10.4. The Kier molecular flexibility index (Phi) is 8.63. The summed E-state index contributed by atoms with van der Waals surface area (Å²) in [5.41, 5.74) is 2.07. The topological polar surface area (TPSA) is 81.8 Å². The Morgan fingerprint density at radius 1 is 0.953 bits per heavy atom. The number of benzene rings is 2. The molecular formula is C32H30ClFN4O3S2. The first kappa shape index (κ1) is 29.5. The molecule has 2 N–H and O–H groups in total. The van der Waals surface area contributed by atoms with Crippen LogP contribution in [-0.4, -0.2) is 59.7 Å². The number of carbonyl (C=O) groups excluding carboxylic acids is 3. The van der Waals surface area contributed by atoms with Crippen molar-refractivity contribution in [1.29, 1.82) is 0 Å². The fourth-order valence-corrected chi connectivity index (χ4v) is 8.08. The van der Waals surface area contributed by atoms with Crippen LogP contribution >= 0.6 is 34.3 Å². The molecule has 43 heavy (non-hydrogen) atoms. The molecule has 2 aliphatic heterocycles. The molecule has 2 aromatic heterocycles. The monoisotopic (exact) mass is 636 g/mol. The van der Waals surface area contributed by atoms with Crippen LogP contribution in [0.3, 0.4) is 0 Å². The van der Waals surface area contributed by atoms with Gasteiger partial charge in [-0.25, -0.2) is 9.18 Å². The van der Waals surface area contributed by atoms with Crippen LogP contribution in [0.2, 0.25) is 5.02 Å².